The highest BCUT2D eigenvalue weighted by Crippen LogP contribution is 2.22. The third-order valence-corrected chi connectivity index (χ3v) is 3.63. The van der Waals surface area contributed by atoms with E-state index in [9.17, 15) is 4.79 Å². The number of hydrogen-bond donors (Lipinski definition) is 1. The minimum atomic E-state index is -0.0650. The number of amides is 1. The molecular weight excluding hydrogens is 309 g/mol. The number of nitrogens with zero attached hydrogens (tertiary/aromatic N) is 2. The van der Waals surface area contributed by atoms with Gasteiger partial charge in [0, 0.05) is 31.1 Å². The van der Waals surface area contributed by atoms with Crippen LogP contribution in [0.15, 0.2) is 36.8 Å². The van der Waals surface area contributed by atoms with Crippen molar-refractivity contribution >= 4 is 29.1 Å². The average Bonchev–Trinajstić information content (AvgIpc) is 2.43. The summed E-state index contributed by atoms with van der Waals surface area (Å²) in [6, 6.07) is 5.17. The van der Waals surface area contributed by atoms with Gasteiger partial charge in [-0.3, -0.25) is 14.8 Å². The van der Waals surface area contributed by atoms with Gasteiger partial charge in [0.25, 0.3) is 0 Å². The van der Waals surface area contributed by atoms with Crippen molar-refractivity contribution < 1.29 is 4.79 Å². The summed E-state index contributed by atoms with van der Waals surface area (Å²) < 4.78 is 0. The van der Waals surface area contributed by atoms with Crippen molar-refractivity contribution in [2.24, 2.45) is 0 Å². The maximum atomic E-state index is 12.0. The van der Waals surface area contributed by atoms with Gasteiger partial charge in [-0.15, -0.1) is 0 Å². The second-order valence-corrected chi connectivity index (χ2v) is 5.61. The summed E-state index contributed by atoms with van der Waals surface area (Å²) in [5.41, 5.74) is 1.67. The largest absolute Gasteiger partial charge is 0.353 e. The first-order valence-electron chi connectivity index (χ1n) is 6.53. The van der Waals surface area contributed by atoms with E-state index < -0.39 is 0 Å². The average molecular weight is 324 g/mol. The molecule has 1 aromatic heterocycles. The number of hydrogen-bond acceptors (Lipinski definition) is 3. The van der Waals surface area contributed by atoms with Crippen LogP contribution in [0.5, 0.6) is 0 Å². The van der Waals surface area contributed by atoms with Crippen LogP contribution in [0.25, 0.3) is 0 Å². The van der Waals surface area contributed by atoms with Crippen LogP contribution in [-0.4, -0.2) is 21.9 Å². The van der Waals surface area contributed by atoms with Gasteiger partial charge >= 0.3 is 0 Å². The van der Waals surface area contributed by atoms with E-state index in [2.05, 4.69) is 15.3 Å². The quantitative estimate of drug-likeness (QED) is 0.920. The van der Waals surface area contributed by atoms with E-state index >= 15 is 0 Å². The first kappa shape index (κ1) is 15.7. The fraction of sp³-hybridized carbons (Fsp3) is 0.267. The third kappa shape index (κ3) is 4.99. The Kier molecular flexibility index (Phi) is 5.53. The van der Waals surface area contributed by atoms with Gasteiger partial charge in [0.05, 0.1) is 22.2 Å². The number of aromatic nitrogens is 2. The van der Waals surface area contributed by atoms with Crippen LogP contribution in [-0.2, 0) is 17.6 Å². The van der Waals surface area contributed by atoms with Gasteiger partial charge in [0.15, 0.2) is 0 Å². The first-order valence-corrected chi connectivity index (χ1v) is 7.28. The van der Waals surface area contributed by atoms with E-state index in [1.807, 2.05) is 6.92 Å². The van der Waals surface area contributed by atoms with Crippen molar-refractivity contribution in [3.63, 3.8) is 0 Å². The van der Waals surface area contributed by atoms with Crippen LogP contribution < -0.4 is 5.32 Å². The molecule has 1 N–H and O–H groups in total. The predicted molar refractivity (Wildman–Crippen MR) is 83.5 cm³/mol. The van der Waals surface area contributed by atoms with Gasteiger partial charge < -0.3 is 5.32 Å². The van der Waals surface area contributed by atoms with E-state index in [1.54, 1.807) is 36.8 Å². The second kappa shape index (κ2) is 7.38. The standard InChI is InChI=1S/C15H15Cl2N3O/c1-10(6-12-9-18-4-5-19-12)20-15(21)8-11-2-3-13(16)14(17)7-11/h2-5,7,9-10H,6,8H2,1H3,(H,20,21). The minimum absolute atomic E-state index is 0.0167. The molecule has 4 nitrogen and oxygen atoms in total. The lowest BCUT2D eigenvalue weighted by atomic mass is 10.1. The van der Waals surface area contributed by atoms with Gasteiger partial charge in [-0.25, -0.2) is 0 Å². The van der Waals surface area contributed by atoms with Gasteiger partial charge in [-0.05, 0) is 24.6 Å². The van der Waals surface area contributed by atoms with Gasteiger partial charge in [0.2, 0.25) is 5.91 Å². The lowest BCUT2D eigenvalue weighted by Crippen LogP contribution is -2.35. The summed E-state index contributed by atoms with van der Waals surface area (Å²) in [5, 5.41) is 3.86. The van der Waals surface area contributed by atoms with E-state index in [0.29, 0.717) is 16.5 Å². The van der Waals surface area contributed by atoms with Gasteiger partial charge in [0.1, 0.15) is 0 Å². The zero-order valence-corrected chi connectivity index (χ0v) is 13.0. The molecule has 0 saturated heterocycles. The minimum Gasteiger partial charge on any atom is -0.353 e. The van der Waals surface area contributed by atoms with Crippen LogP contribution in [0, 0.1) is 0 Å². The van der Waals surface area contributed by atoms with E-state index in [4.69, 9.17) is 23.2 Å². The monoisotopic (exact) mass is 323 g/mol. The third-order valence-electron chi connectivity index (χ3n) is 2.89. The number of carbonyl (C=O) groups is 1. The van der Waals surface area contributed by atoms with Crippen LogP contribution >= 0.6 is 23.2 Å². The van der Waals surface area contributed by atoms with Crippen molar-refractivity contribution in [1.82, 2.24) is 15.3 Å². The van der Waals surface area contributed by atoms with Crippen LogP contribution in [0.1, 0.15) is 18.2 Å². The summed E-state index contributed by atoms with van der Waals surface area (Å²) in [7, 11) is 0. The molecular formula is C15H15Cl2N3O. The molecule has 0 aliphatic rings. The zero-order chi connectivity index (χ0) is 15.2. The fourth-order valence-electron chi connectivity index (χ4n) is 1.96. The Balaban J connectivity index is 1.87. The topological polar surface area (TPSA) is 54.9 Å². The zero-order valence-electron chi connectivity index (χ0n) is 11.5. The molecule has 1 aromatic carbocycles. The Morgan fingerprint density at radius 3 is 2.76 bits per heavy atom. The molecule has 1 heterocycles. The molecule has 110 valence electrons. The van der Waals surface area contributed by atoms with Crippen molar-refractivity contribution in [3.8, 4) is 0 Å². The molecule has 2 aromatic rings. The molecule has 2 rings (SSSR count). The number of benzene rings is 1. The van der Waals surface area contributed by atoms with Crippen molar-refractivity contribution in [2.75, 3.05) is 0 Å². The smallest absolute Gasteiger partial charge is 0.224 e. The summed E-state index contributed by atoms with van der Waals surface area (Å²) in [6.07, 6.45) is 5.86. The van der Waals surface area contributed by atoms with Gasteiger partial charge in [-0.2, -0.15) is 0 Å². The van der Waals surface area contributed by atoms with Gasteiger partial charge in [-0.1, -0.05) is 29.3 Å². The molecule has 1 amide bonds. The maximum Gasteiger partial charge on any atom is 0.224 e. The number of nitrogens with one attached hydrogen (secondary N) is 1. The molecule has 0 aliphatic heterocycles. The molecule has 1 atom stereocenters. The highest BCUT2D eigenvalue weighted by molar-refractivity contribution is 6.42. The fourth-order valence-corrected chi connectivity index (χ4v) is 2.28. The molecule has 0 radical (unpaired) electrons. The van der Waals surface area contributed by atoms with Crippen molar-refractivity contribution in [3.05, 3.63) is 58.1 Å². The number of carbonyl (C=O) groups excluding carboxylic acids is 1. The van der Waals surface area contributed by atoms with Crippen molar-refractivity contribution in [2.45, 2.75) is 25.8 Å². The lowest BCUT2D eigenvalue weighted by Gasteiger charge is -2.13. The second-order valence-electron chi connectivity index (χ2n) is 4.79. The normalized spacial score (nSPS) is 12.0. The van der Waals surface area contributed by atoms with Crippen molar-refractivity contribution in [1.29, 1.82) is 0 Å². The molecule has 6 heteroatoms. The Bertz CT molecular complexity index is 620. The lowest BCUT2D eigenvalue weighted by molar-refractivity contribution is -0.121. The Labute approximate surface area is 133 Å². The van der Waals surface area contributed by atoms with E-state index in [1.165, 1.54) is 0 Å². The van der Waals surface area contributed by atoms with E-state index in [-0.39, 0.29) is 18.4 Å². The molecule has 0 fully saturated rings. The molecule has 0 spiro atoms. The SMILES string of the molecule is CC(Cc1cnccn1)NC(=O)Cc1ccc(Cl)c(Cl)c1. The molecule has 0 bridgehead atoms. The molecule has 0 saturated carbocycles. The summed E-state index contributed by atoms with van der Waals surface area (Å²) in [4.78, 5) is 20.2. The molecule has 21 heavy (non-hydrogen) atoms. The highest BCUT2D eigenvalue weighted by Gasteiger charge is 2.10. The number of halogens is 2. The highest BCUT2D eigenvalue weighted by atomic mass is 35.5. The Hall–Kier alpha value is -1.65. The van der Waals surface area contributed by atoms with E-state index in [0.717, 1.165) is 11.3 Å². The van der Waals surface area contributed by atoms with Crippen LogP contribution in [0.4, 0.5) is 0 Å². The summed E-state index contributed by atoms with van der Waals surface area (Å²) >= 11 is 11.8. The molecule has 1 unspecified atom stereocenters. The summed E-state index contributed by atoms with van der Waals surface area (Å²) in [6.45, 7) is 1.93. The maximum absolute atomic E-state index is 12.0. The Morgan fingerprint density at radius 2 is 2.10 bits per heavy atom. The predicted octanol–water partition coefficient (Wildman–Crippen LogP) is 3.07. The number of rotatable bonds is 5. The van der Waals surface area contributed by atoms with Crippen LogP contribution in [0.3, 0.4) is 0 Å². The molecule has 0 aliphatic carbocycles. The van der Waals surface area contributed by atoms with Crippen LogP contribution in [0.2, 0.25) is 10.0 Å². The summed E-state index contributed by atoms with van der Waals surface area (Å²) in [5.74, 6) is -0.0650. The Morgan fingerprint density at radius 1 is 1.29 bits per heavy atom. The first-order chi connectivity index (χ1) is 10.0.